The third kappa shape index (κ3) is 4.07. The number of hydrogen-bond donors (Lipinski definition) is 1. The zero-order valence-corrected chi connectivity index (χ0v) is 8.85. The standard InChI is InChI=1S/C8H14N2O2S/c1-8(2,3)12-7(11)9-10-4-5-13-6-10/h4-5H,6H2,1-3H3,(H,9,11). The monoisotopic (exact) mass is 202 g/mol. The minimum Gasteiger partial charge on any atom is -0.443 e. The van der Waals surface area contributed by atoms with Gasteiger partial charge in [0.15, 0.2) is 0 Å². The van der Waals surface area contributed by atoms with E-state index in [2.05, 4.69) is 5.43 Å². The predicted molar refractivity (Wildman–Crippen MR) is 52.8 cm³/mol. The molecular formula is C8H14N2O2S. The lowest BCUT2D eigenvalue weighted by molar-refractivity contribution is 0.0415. The van der Waals surface area contributed by atoms with E-state index in [0.717, 1.165) is 5.88 Å². The molecule has 0 saturated heterocycles. The SMILES string of the molecule is CC(C)(C)OC(=O)NN1C=CSC1. The van der Waals surface area contributed by atoms with Crippen LogP contribution in [-0.4, -0.2) is 22.6 Å². The van der Waals surface area contributed by atoms with E-state index in [1.807, 2.05) is 26.2 Å². The van der Waals surface area contributed by atoms with Gasteiger partial charge in [0.25, 0.3) is 0 Å². The summed E-state index contributed by atoms with van der Waals surface area (Å²) in [4.78, 5) is 11.2. The van der Waals surface area contributed by atoms with Crippen LogP contribution in [0.25, 0.3) is 0 Å². The van der Waals surface area contributed by atoms with Crippen molar-refractivity contribution in [3.63, 3.8) is 0 Å². The summed E-state index contributed by atoms with van der Waals surface area (Å²) in [5, 5.41) is 3.59. The minimum atomic E-state index is -0.444. The van der Waals surface area contributed by atoms with Crippen molar-refractivity contribution >= 4 is 17.9 Å². The lowest BCUT2D eigenvalue weighted by Gasteiger charge is -2.22. The Labute approximate surface area is 82.3 Å². The van der Waals surface area contributed by atoms with E-state index in [9.17, 15) is 4.79 Å². The van der Waals surface area contributed by atoms with E-state index in [0.29, 0.717) is 0 Å². The molecular weight excluding hydrogens is 188 g/mol. The van der Waals surface area contributed by atoms with E-state index in [-0.39, 0.29) is 0 Å². The molecule has 0 fully saturated rings. The summed E-state index contributed by atoms with van der Waals surface area (Å²) in [7, 11) is 0. The van der Waals surface area contributed by atoms with Crippen LogP contribution in [0.15, 0.2) is 11.6 Å². The van der Waals surface area contributed by atoms with Crippen LogP contribution < -0.4 is 5.43 Å². The number of nitrogens with one attached hydrogen (secondary N) is 1. The third-order valence-corrected chi connectivity index (χ3v) is 1.93. The summed E-state index contributed by atoms with van der Waals surface area (Å²) in [6.45, 7) is 5.50. The highest BCUT2D eigenvalue weighted by Gasteiger charge is 2.17. The molecule has 0 aromatic heterocycles. The van der Waals surface area contributed by atoms with Crippen LogP contribution in [-0.2, 0) is 4.74 Å². The highest BCUT2D eigenvalue weighted by atomic mass is 32.2. The molecule has 5 heteroatoms. The number of rotatable bonds is 1. The van der Waals surface area contributed by atoms with Gasteiger partial charge in [-0.3, -0.25) is 5.01 Å². The van der Waals surface area contributed by atoms with Crippen molar-refractivity contribution in [1.29, 1.82) is 0 Å². The number of thioether (sulfide) groups is 1. The van der Waals surface area contributed by atoms with Crippen molar-refractivity contribution in [1.82, 2.24) is 10.4 Å². The number of ether oxygens (including phenoxy) is 1. The van der Waals surface area contributed by atoms with Gasteiger partial charge in [0, 0.05) is 6.20 Å². The molecule has 0 aromatic carbocycles. The molecule has 0 spiro atoms. The van der Waals surface area contributed by atoms with Gasteiger partial charge in [-0.25, -0.2) is 10.2 Å². The molecule has 0 saturated carbocycles. The third-order valence-electron chi connectivity index (χ3n) is 1.18. The molecule has 4 nitrogen and oxygen atoms in total. The number of amides is 1. The molecule has 1 rings (SSSR count). The molecule has 1 heterocycles. The Morgan fingerprint density at radius 3 is 2.77 bits per heavy atom. The fourth-order valence-electron chi connectivity index (χ4n) is 0.771. The first-order chi connectivity index (χ1) is 5.97. The first-order valence-electron chi connectivity index (χ1n) is 4.02. The van der Waals surface area contributed by atoms with Gasteiger partial charge in [-0.1, -0.05) is 0 Å². The van der Waals surface area contributed by atoms with E-state index in [4.69, 9.17) is 4.74 Å². The minimum absolute atomic E-state index is 0.417. The van der Waals surface area contributed by atoms with Crippen molar-refractivity contribution < 1.29 is 9.53 Å². The average molecular weight is 202 g/mol. The van der Waals surface area contributed by atoms with Crippen LogP contribution in [0.2, 0.25) is 0 Å². The van der Waals surface area contributed by atoms with Crippen molar-refractivity contribution in [3.8, 4) is 0 Å². The van der Waals surface area contributed by atoms with Gasteiger partial charge < -0.3 is 4.74 Å². The molecule has 0 radical (unpaired) electrons. The van der Waals surface area contributed by atoms with E-state index in [1.54, 1.807) is 23.0 Å². The Morgan fingerprint density at radius 1 is 1.62 bits per heavy atom. The second kappa shape index (κ2) is 3.91. The van der Waals surface area contributed by atoms with Gasteiger partial charge in [0.2, 0.25) is 0 Å². The van der Waals surface area contributed by atoms with Gasteiger partial charge in [-0.2, -0.15) is 0 Å². The fraction of sp³-hybridized carbons (Fsp3) is 0.625. The molecule has 0 bridgehead atoms. The van der Waals surface area contributed by atoms with E-state index >= 15 is 0 Å². The zero-order chi connectivity index (χ0) is 9.90. The molecule has 0 unspecified atom stereocenters. The van der Waals surface area contributed by atoms with Crippen LogP contribution in [0.5, 0.6) is 0 Å². The van der Waals surface area contributed by atoms with Gasteiger partial charge >= 0.3 is 6.09 Å². The van der Waals surface area contributed by atoms with E-state index < -0.39 is 11.7 Å². The topological polar surface area (TPSA) is 41.6 Å². The zero-order valence-electron chi connectivity index (χ0n) is 8.03. The fourth-order valence-corrected chi connectivity index (χ4v) is 1.40. The smallest absolute Gasteiger partial charge is 0.426 e. The van der Waals surface area contributed by atoms with Gasteiger partial charge in [0.1, 0.15) is 5.60 Å². The lowest BCUT2D eigenvalue weighted by atomic mass is 10.2. The molecule has 1 amide bonds. The Bertz CT molecular complexity index is 223. The molecule has 1 N–H and O–H groups in total. The summed E-state index contributed by atoms with van der Waals surface area (Å²) in [5.41, 5.74) is 2.16. The summed E-state index contributed by atoms with van der Waals surface area (Å²) in [5.74, 6) is 0.735. The number of hydrogen-bond acceptors (Lipinski definition) is 4. The van der Waals surface area contributed by atoms with Gasteiger partial charge in [-0.05, 0) is 26.2 Å². The van der Waals surface area contributed by atoms with Crippen molar-refractivity contribution in [2.45, 2.75) is 26.4 Å². The first kappa shape index (κ1) is 10.2. The van der Waals surface area contributed by atoms with Crippen LogP contribution in [0.4, 0.5) is 4.79 Å². The molecule has 1 aliphatic rings. The Hall–Kier alpha value is -0.840. The number of nitrogens with zero attached hydrogens (tertiary/aromatic N) is 1. The van der Waals surface area contributed by atoms with Crippen molar-refractivity contribution in [2.75, 3.05) is 5.88 Å². The Kier molecular flexibility index (Phi) is 3.08. The van der Waals surface area contributed by atoms with Crippen LogP contribution in [0, 0.1) is 0 Å². The molecule has 0 aromatic rings. The summed E-state index contributed by atoms with van der Waals surface area (Å²) < 4.78 is 5.06. The second-order valence-electron chi connectivity index (χ2n) is 3.66. The molecule has 74 valence electrons. The van der Waals surface area contributed by atoms with Crippen LogP contribution in [0.3, 0.4) is 0 Å². The maximum atomic E-state index is 11.2. The summed E-state index contributed by atoms with van der Waals surface area (Å²) >= 11 is 1.62. The molecule has 0 aliphatic carbocycles. The Balaban J connectivity index is 2.29. The average Bonchev–Trinajstić information content (AvgIpc) is 2.34. The molecule has 1 aliphatic heterocycles. The number of hydrazine groups is 1. The van der Waals surface area contributed by atoms with Gasteiger partial charge in [0.05, 0.1) is 5.88 Å². The number of carbonyl (C=O) groups is 1. The summed E-state index contributed by atoms with van der Waals surface area (Å²) in [6, 6.07) is 0. The largest absolute Gasteiger partial charge is 0.443 e. The highest BCUT2D eigenvalue weighted by molar-refractivity contribution is 8.02. The quantitative estimate of drug-likeness (QED) is 0.705. The summed E-state index contributed by atoms with van der Waals surface area (Å²) in [6.07, 6.45) is 1.38. The maximum Gasteiger partial charge on any atom is 0.426 e. The van der Waals surface area contributed by atoms with Crippen molar-refractivity contribution in [3.05, 3.63) is 11.6 Å². The lowest BCUT2D eigenvalue weighted by Crippen LogP contribution is -2.40. The van der Waals surface area contributed by atoms with Crippen molar-refractivity contribution in [2.24, 2.45) is 0 Å². The maximum absolute atomic E-state index is 11.2. The first-order valence-corrected chi connectivity index (χ1v) is 5.07. The normalized spacial score (nSPS) is 16.1. The van der Waals surface area contributed by atoms with Crippen LogP contribution >= 0.6 is 11.8 Å². The Morgan fingerprint density at radius 2 is 2.31 bits per heavy atom. The van der Waals surface area contributed by atoms with E-state index in [1.165, 1.54) is 0 Å². The molecule has 13 heavy (non-hydrogen) atoms. The molecule has 0 atom stereocenters. The second-order valence-corrected chi connectivity index (χ2v) is 4.53. The highest BCUT2D eigenvalue weighted by Crippen LogP contribution is 2.13. The van der Waals surface area contributed by atoms with Gasteiger partial charge in [-0.15, -0.1) is 11.8 Å². The van der Waals surface area contributed by atoms with Crippen LogP contribution in [0.1, 0.15) is 20.8 Å². The number of carbonyl (C=O) groups excluding carboxylic acids is 1. The predicted octanol–water partition coefficient (Wildman–Crippen LogP) is 1.90.